The van der Waals surface area contributed by atoms with Crippen LogP contribution in [0.1, 0.15) is 65.7 Å². The van der Waals surface area contributed by atoms with E-state index in [9.17, 15) is 13.2 Å². The van der Waals surface area contributed by atoms with E-state index < -0.39 is 10.0 Å². The number of hydrogen-bond acceptors (Lipinski definition) is 4. The molecule has 1 unspecified atom stereocenters. The molecule has 1 amide bonds. The van der Waals surface area contributed by atoms with E-state index in [2.05, 4.69) is 23.5 Å². The van der Waals surface area contributed by atoms with Gasteiger partial charge in [0.2, 0.25) is 10.0 Å². The molecule has 1 heterocycles. The summed E-state index contributed by atoms with van der Waals surface area (Å²) in [6, 6.07) is 10.7. The molecule has 2 aromatic rings. The van der Waals surface area contributed by atoms with Gasteiger partial charge in [-0.15, -0.1) is 0 Å². The quantitative estimate of drug-likeness (QED) is 0.737. The fourth-order valence-corrected chi connectivity index (χ4v) is 6.03. The van der Waals surface area contributed by atoms with Gasteiger partial charge >= 0.3 is 0 Å². The van der Waals surface area contributed by atoms with Crippen LogP contribution in [0.4, 0.5) is 0 Å². The SMILES string of the molecule is COc1ccc(S(=O)(=O)N2CCCC2)cc1C(=O)NC(C)c1ccc2c(c1)CCCC2. The van der Waals surface area contributed by atoms with Gasteiger partial charge in [0.15, 0.2) is 0 Å². The average Bonchev–Trinajstić information content (AvgIpc) is 3.34. The fraction of sp³-hybridized carbons (Fsp3) is 0.458. The van der Waals surface area contributed by atoms with E-state index in [0.717, 1.165) is 31.2 Å². The highest BCUT2D eigenvalue weighted by atomic mass is 32.2. The monoisotopic (exact) mass is 442 g/mol. The molecule has 1 saturated heterocycles. The van der Waals surface area contributed by atoms with Gasteiger partial charge in [0.05, 0.1) is 23.6 Å². The largest absolute Gasteiger partial charge is 0.496 e. The Kier molecular flexibility index (Phi) is 6.34. The predicted molar refractivity (Wildman–Crippen MR) is 120 cm³/mol. The molecule has 1 aliphatic heterocycles. The smallest absolute Gasteiger partial charge is 0.255 e. The van der Waals surface area contributed by atoms with E-state index in [1.54, 1.807) is 6.07 Å². The van der Waals surface area contributed by atoms with Gasteiger partial charge in [0, 0.05) is 13.1 Å². The number of ether oxygens (including phenoxy) is 1. The first-order chi connectivity index (χ1) is 14.9. The van der Waals surface area contributed by atoms with E-state index in [1.807, 2.05) is 6.92 Å². The van der Waals surface area contributed by atoms with Crippen LogP contribution in [0.25, 0.3) is 0 Å². The summed E-state index contributed by atoms with van der Waals surface area (Å²) >= 11 is 0. The van der Waals surface area contributed by atoms with E-state index in [1.165, 1.54) is 47.5 Å². The minimum atomic E-state index is -3.61. The predicted octanol–water partition coefficient (Wildman–Crippen LogP) is 3.85. The van der Waals surface area contributed by atoms with Crippen LogP contribution in [0.15, 0.2) is 41.3 Å². The summed E-state index contributed by atoms with van der Waals surface area (Å²) in [6.45, 7) is 2.98. The molecule has 1 fully saturated rings. The minimum Gasteiger partial charge on any atom is -0.496 e. The van der Waals surface area contributed by atoms with Crippen molar-refractivity contribution >= 4 is 15.9 Å². The van der Waals surface area contributed by atoms with Gasteiger partial charge in [0.25, 0.3) is 5.91 Å². The summed E-state index contributed by atoms with van der Waals surface area (Å²) in [4.78, 5) is 13.2. The Balaban J connectivity index is 1.57. The molecule has 7 heteroatoms. The Morgan fingerprint density at radius 2 is 1.71 bits per heavy atom. The van der Waals surface area contributed by atoms with Crippen molar-refractivity contribution in [2.45, 2.75) is 56.4 Å². The summed E-state index contributed by atoms with van der Waals surface area (Å²) in [5, 5.41) is 3.01. The van der Waals surface area contributed by atoms with E-state index in [0.29, 0.717) is 18.8 Å². The van der Waals surface area contributed by atoms with E-state index in [4.69, 9.17) is 4.74 Å². The van der Waals surface area contributed by atoms with Crippen molar-refractivity contribution in [1.29, 1.82) is 0 Å². The maximum absolute atomic E-state index is 13.1. The van der Waals surface area contributed by atoms with Crippen molar-refractivity contribution in [1.82, 2.24) is 9.62 Å². The van der Waals surface area contributed by atoms with Gasteiger partial charge in [-0.1, -0.05) is 18.2 Å². The summed E-state index contributed by atoms with van der Waals surface area (Å²) in [5.41, 5.74) is 4.04. The van der Waals surface area contributed by atoms with Gasteiger partial charge in [-0.05, 0) is 80.3 Å². The van der Waals surface area contributed by atoms with Gasteiger partial charge in [-0.2, -0.15) is 4.31 Å². The van der Waals surface area contributed by atoms with Gasteiger partial charge in [-0.3, -0.25) is 4.79 Å². The maximum Gasteiger partial charge on any atom is 0.255 e. The van der Waals surface area contributed by atoms with Gasteiger partial charge in [0.1, 0.15) is 5.75 Å². The Morgan fingerprint density at radius 3 is 2.42 bits per heavy atom. The summed E-state index contributed by atoms with van der Waals surface area (Å²) in [6.07, 6.45) is 6.35. The Labute approximate surface area is 184 Å². The highest BCUT2D eigenvalue weighted by Crippen LogP contribution is 2.28. The van der Waals surface area contributed by atoms with E-state index >= 15 is 0 Å². The van der Waals surface area contributed by atoms with Crippen molar-refractivity contribution in [3.63, 3.8) is 0 Å². The number of nitrogens with one attached hydrogen (secondary N) is 1. The van der Waals surface area contributed by atoms with Gasteiger partial charge < -0.3 is 10.1 Å². The second-order valence-corrected chi connectivity index (χ2v) is 10.3. The molecule has 0 bridgehead atoms. The molecular weight excluding hydrogens is 412 g/mol. The van der Waals surface area contributed by atoms with Crippen molar-refractivity contribution in [2.24, 2.45) is 0 Å². The number of hydrogen-bond donors (Lipinski definition) is 1. The van der Waals surface area contributed by atoms with Crippen LogP contribution in [0, 0.1) is 0 Å². The number of rotatable bonds is 6. The molecule has 0 aromatic heterocycles. The molecule has 2 aliphatic rings. The molecule has 166 valence electrons. The van der Waals surface area contributed by atoms with Crippen LogP contribution in [0.5, 0.6) is 5.75 Å². The number of benzene rings is 2. The molecule has 6 nitrogen and oxygen atoms in total. The lowest BCUT2D eigenvalue weighted by atomic mass is 9.89. The number of methoxy groups -OCH3 is 1. The van der Waals surface area contributed by atoms with Crippen LogP contribution in [0.3, 0.4) is 0 Å². The third-order valence-electron chi connectivity index (χ3n) is 6.34. The molecule has 0 spiro atoms. The Hall–Kier alpha value is -2.38. The molecule has 4 rings (SSSR count). The second kappa shape index (κ2) is 9.01. The Morgan fingerprint density at radius 1 is 1.00 bits per heavy atom. The number of carbonyl (C=O) groups excluding carboxylic acids is 1. The van der Waals surface area contributed by atoms with Crippen LogP contribution in [0.2, 0.25) is 0 Å². The highest BCUT2D eigenvalue weighted by Gasteiger charge is 2.29. The lowest BCUT2D eigenvalue weighted by molar-refractivity contribution is 0.0936. The molecule has 1 N–H and O–H groups in total. The number of aryl methyl sites for hydroxylation is 2. The first kappa shape index (κ1) is 21.8. The topological polar surface area (TPSA) is 75.7 Å². The Bertz CT molecular complexity index is 1070. The molecule has 31 heavy (non-hydrogen) atoms. The minimum absolute atomic E-state index is 0.127. The fourth-order valence-electron chi connectivity index (χ4n) is 4.48. The highest BCUT2D eigenvalue weighted by molar-refractivity contribution is 7.89. The lowest BCUT2D eigenvalue weighted by Gasteiger charge is -2.21. The first-order valence-electron chi connectivity index (χ1n) is 11.0. The summed E-state index contributed by atoms with van der Waals surface area (Å²) < 4.78 is 32.7. The molecule has 1 aliphatic carbocycles. The maximum atomic E-state index is 13.1. The van der Waals surface area contributed by atoms with Crippen molar-refractivity contribution in [3.05, 3.63) is 58.7 Å². The summed E-state index contributed by atoms with van der Waals surface area (Å²) in [5.74, 6) is 0.0102. The lowest BCUT2D eigenvalue weighted by Crippen LogP contribution is -2.29. The zero-order chi connectivity index (χ0) is 22.0. The molecule has 0 saturated carbocycles. The number of nitrogens with zero attached hydrogens (tertiary/aromatic N) is 1. The van der Waals surface area contributed by atoms with Crippen molar-refractivity contribution in [3.8, 4) is 5.75 Å². The zero-order valence-electron chi connectivity index (χ0n) is 18.2. The molecule has 0 radical (unpaired) electrons. The average molecular weight is 443 g/mol. The molecule has 2 aromatic carbocycles. The third-order valence-corrected chi connectivity index (χ3v) is 8.23. The van der Waals surface area contributed by atoms with Gasteiger partial charge in [-0.25, -0.2) is 8.42 Å². The van der Waals surface area contributed by atoms with Crippen LogP contribution >= 0.6 is 0 Å². The van der Waals surface area contributed by atoms with Crippen molar-refractivity contribution < 1.29 is 17.9 Å². The number of amides is 1. The third kappa shape index (κ3) is 4.48. The normalized spacial score (nSPS) is 17.7. The van der Waals surface area contributed by atoms with Crippen LogP contribution < -0.4 is 10.1 Å². The number of fused-ring (bicyclic) bond motifs is 1. The van der Waals surface area contributed by atoms with Crippen molar-refractivity contribution in [2.75, 3.05) is 20.2 Å². The van der Waals surface area contributed by atoms with E-state index in [-0.39, 0.29) is 22.4 Å². The first-order valence-corrected chi connectivity index (χ1v) is 12.4. The number of carbonyl (C=O) groups is 1. The summed E-state index contributed by atoms with van der Waals surface area (Å²) in [7, 11) is -2.13. The second-order valence-electron chi connectivity index (χ2n) is 8.40. The zero-order valence-corrected chi connectivity index (χ0v) is 19.0. The van der Waals surface area contributed by atoms with Crippen LogP contribution in [-0.4, -0.2) is 38.8 Å². The van der Waals surface area contributed by atoms with Crippen LogP contribution in [-0.2, 0) is 22.9 Å². The standard InChI is InChI=1S/C24H30N2O4S/c1-17(19-10-9-18-7-3-4-8-20(18)15-19)25-24(27)22-16-21(11-12-23(22)30-2)31(28,29)26-13-5-6-14-26/h9-12,15-17H,3-8,13-14H2,1-2H3,(H,25,27). The molecular formula is C24H30N2O4S. The molecule has 1 atom stereocenters. The number of sulfonamides is 1.